The molecule has 1 unspecified atom stereocenters. The van der Waals surface area contributed by atoms with Crippen LogP contribution in [-0.2, 0) is 6.42 Å². The molecule has 2 heterocycles. The second-order valence-corrected chi connectivity index (χ2v) is 4.70. The van der Waals surface area contributed by atoms with Crippen molar-refractivity contribution in [2.75, 3.05) is 13.1 Å². The molecule has 4 nitrogen and oxygen atoms in total. The predicted octanol–water partition coefficient (Wildman–Crippen LogP) is 1.40. The summed E-state index contributed by atoms with van der Waals surface area (Å²) in [5, 5.41) is 11.8. The first-order chi connectivity index (χ1) is 7.25. The number of hydrogen-bond acceptors (Lipinski definition) is 3. The maximum Gasteiger partial charge on any atom is 0.0830 e. The van der Waals surface area contributed by atoms with Gasteiger partial charge >= 0.3 is 0 Å². The van der Waals surface area contributed by atoms with Gasteiger partial charge in [0.05, 0.1) is 5.69 Å². The van der Waals surface area contributed by atoms with E-state index in [0.717, 1.165) is 24.6 Å². The molecule has 1 fully saturated rings. The van der Waals surface area contributed by atoms with Crippen LogP contribution in [0.15, 0.2) is 6.20 Å². The lowest BCUT2D eigenvalue weighted by atomic mass is 9.95. The van der Waals surface area contributed by atoms with Gasteiger partial charge < -0.3 is 5.32 Å². The summed E-state index contributed by atoms with van der Waals surface area (Å²) >= 11 is 0. The number of hydrogen-bond donors (Lipinski definition) is 1. The smallest absolute Gasteiger partial charge is 0.0830 e. The summed E-state index contributed by atoms with van der Waals surface area (Å²) in [5.41, 5.74) is 1.14. The minimum Gasteiger partial charge on any atom is -0.316 e. The highest BCUT2D eigenvalue weighted by molar-refractivity contribution is 4.95. The summed E-state index contributed by atoms with van der Waals surface area (Å²) in [5.74, 6) is 0.746. The molecule has 0 bridgehead atoms. The number of piperidine rings is 1. The van der Waals surface area contributed by atoms with Crippen molar-refractivity contribution in [3.05, 3.63) is 11.9 Å². The molecule has 0 saturated carbocycles. The number of nitrogens with one attached hydrogen (secondary N) is 1. The van der Waals surface area contributed by atoms with E-state index in [0.29, 0.717) is 6.04 Å². The van der Waals surface area contributed by atoms with E-state index in [9.17, 15) is 0 Å². The summed E-state index contributed by atoms with van der Waals surface area (Å²) in [7, 11) is 0. The summed E-state index contributed by atoms with van der Waals surface area (Å²) in [6.07, 6.45) is 5.77. The molecule has 2 rings (SSSR count). The van der Waals surface area contributed by atoms with Crippen LogP contribution >= 0.6 is 0 Å². The third-order valence-corrected chi connectivity index (χ3v) is 2.98. The fourth-order valence-electron chi connectivity index (χ4n) is 2.05. The zero-order valence-corrected chi connectivity index (χ0v) is 9.61. The van der Waals surface area contributed by atoms with Crippen LogP contribution in [0.2, 0.25) is 0 Å². The largest absolute Gasteiger partial charge is 0.316 e. The molecule has 1 saturated heterocycles. The van der Waals surface area contributed by atoms with E-state index in [1.807, 2.05) is 4.68 Å². The Kier molecular flexibility index (Phi) is 3.36. The minimum atomic E-state index is 0.413. The lowest BCUT2D eigenvalue weighted by Gasteiger charge is -2.21. The lowest BCUT2D eigenvalue weighted by molar-refractivity contribution is 0.373. The first-order valence-electron chi connectivity index (χ1n) is 5.87. The molecule has 1 atom stereocenters. The maximum atomic E-state index is 4.22. The molecule has 1 aliphatic heterocycles. The van der Waals surface area contributed by atoms with Gasteiger partial charge in [-0.3, -0.25) is 0 Å². The Bertz CT molecular complexity index is 299. The highest BCUT2D eigenvalue weighted by atomic mass is 15.4. The van der Waals surface area contributed by atoms with Gasteiger partial charge in [0.15, 0.2) is 0 Å². The third kappa shape index (κ3) is 2.78. The number of aromatic nitrogens is 3. The van der Waals surface area contributed by atoms with Gasteiger partial charge in [-0.2, -0.15) is 0 Å². The SMILES string of the molecule is CC(C)n1cc(CC2CCCNC2)nn1. The van der Waals surface area contributed by atoms with E-state index in [1.165, 1.54) is 19.4 Å². The molecule has 15 heavy (non-hydrogen) atoms. The van der Waals surface area contributed by atoms with Crippen LogP contribution in [0.4, 0.5) is 0 Å². The molecule has 0 radical (unpaired) electrons. The van der Waals surface area contributed by atoms with E-state index >= 15 is 0 Å². The Balaban J connectivity index is 1.91. The van der Waals surface area contributed by atoms with Crippen LogP contribution in [-0.4, -0.2) is 28.1 Å². The maximum absolute atomic E-state index is 4.22. The van der Waals surface area contributed by atoms with Gasteiger partial charge in [0, 0.05) is 12.2 Å². The Labute approximate surface area is 91.1 Å². The molecule has 0 spiro atoms. The molecule has 1 aromatic rings. The van der Waals surface area contributed by atoms with Crippen molar-refractivity contribution < 1.29 is 0 Å². The standard InChI is InChI=1S/C11H20N4/c1-9(2)15-8-11(13-14-15)6-10-4-3-5-12-7-10/h8-10,12H,3-7H2,1-2H3. The molecule has 0 aliphatic carbocycles. The Hall–Kier alpha value is -0.900. The van der Waals surface area contributed by atoms with Crippen molar-refractivity contribution >= 4 is 0 Å². The molecular weight excluding hydrogens is 188 g/mol. The lowest BCUT2D eigenvalue weighted by Crippen LogP contribution is -2.30. The Morgan fingerprint density at radius 2 is 2.47 bits per heavy atom. The first-order valence-corrected chi connectivity index (χ1v) is 5.87. The van der Waals surface area contributed by atoms with Gasteiger partial charge in [-0.15, -0.1) is 5.10 Å². The molecular formula is C11H20N4. The van der Waals surface area contributed by atoms with Crippen molar-refractivity contribution in [1.82, 2.24) is 20.3 Å². The zero-order chi connectivity index (χ0) is 10.7. The van der Waals surface area contributed by atoms with E-state index in [2.05, 4.69) is 35.7 Å². The van der Waals surface area contributed by atoms with Crippen molar-refractivity contribution in [3.8, 4) is 0 Å². The zero-order valence-electron chi connectivity index (χ0n) is 9.61. The second-order valence-electron chi connectivity index (χ2n) is 4.70. The van der Waals surface area contributed by atoms with E-state index in [1.54, 1.807) is 0 Å². The van der Waals surface area contributed by atoms with Crippen molar-refractivity contribution in [2.24, 2.45) is 5.92 Å². The fourth-order valence-corrected chi connectivity index (χ4v) is 2.05. The van der Waals surface area contributed by atoms with E-state index in [-0.39, 0.29) is 0 Å². The summed E-state index contributed by atoms with van der Waals surface area (Å²) in [4.78, 5) is 0. The van der Waals surface area contributed by atoms with Gasteiger partial charge in [-0.05, 0) is 52.1 Å². The Morgan fingerprint density at radius 1 is 1.60 bits per heavy atom. The second kappa shape index (κ2) is 4.75. The highest BCUT2D eigenvalue weighted by Crippen LogP contribution is 2.15. The summed E-state index contributed by atoms with van der Waals surface area (Å²) in [6.45, 7) is 6.56. The van der Waals surface area contributed by atoms with Crippen molar-refractivity contribution in [2.45, 2.75) is 39.2 Å². The average Bonchev–Trinajstić information content (AvgIpc) is 2.68. The molecule has 1 N–H and O–H groups in total. The van der Waals surface area contributed by atoms with Crippen LogP contribution < -0.4 is 5.32 Å². The molecule has 1 aromatic heterocycles. The summed E-state index contributed by atoms with van der Waals surface area (Å²) in [6, 6.07) is 0.413. The predicted molar refractivity (Wildman–Crippen MR) is 59.7 cm³/mol. The topological polar surface area (TPSA) is 42.7 Å². The highest BCUT2D eigenvalue weighted by Gasteiger charge is 2.15. The van der Waals surface area contributed by atoms with Crippen LogP contribution in [0, 0.1) is 5.92 Å². The van der Waals surface area contributed by atoms with Gasteiger partial charge in [-0.1, -0.05) is 5.21 Å². The molecule has 0 amide bonds. The third-order valence-electron chi connectivity index (χ3n) is 2.98. The monoisotopic (exact) mass is 208 g/mol. The van der Waals surface area contributed by atoms with Gasteiger partial charge in [-0.25, -0.2) is 4.68 Å². The minimum absolute atomic E-state index is 0.413. The van der Waals surface area contributed by atoms with E-state index in [4.69, 9.17) is 0 Å². The van der Waals surface area contributed by atoms with Crippen LogP contribution in [0.5, 0.6) is 0 Å². The average molecular weight is 208 g/mol. The fraction of sp³-hybridized carbons (Fsp3) is 0.818. The quantitative estimate of drug-likeness (QED) is 0.816. The van der Waals surface area contributed by atoms with Crippen LogP contribution in [0.1, 0.15) is 38.4 Å². The van der Waals surface area contributed by atoms with Crippen LogP contribution in [0.3, 0.4) is 0 Å². The first kappa shape index (κ1) is 10.6. The Morgan fingerprint density at radius 3 is 3.07 bits per heavy atom. The number of nitrogens with zero attached hydrogens (tertiary/aromatic N) is 3. The normalized spacial score (nSPS) is 22.2. The van der Waals surface area contributed by atoms with E-state index < -0.39 is 0 Å². The van der Waals surface area contributed by atoms with Crippen LogP contribution in [0.25, 0.3) is 0 Å². The van der Waals surface area contributed by atoms with Crippen molar-refractivity contribution in [3.63, 3.8) is 0 Å². The molecule has 4 heteroatoms. The van der Waals surface area contributed by atoms with Gasteiger partial charge in [0.25, 0.3) is 0 Å². The molecule has 1 aliphatic rings. The summed E-state index contributed by atoms with van der Waals surface area (Å²) < 4.78 is 1.94. The molecule has 84 valence electrons. The van der Waals surface area contributed by atoms with Gasteiger partial charge in [0.1, 0.15) is 0 Å². The van der Waals surface area contributed by atoms with Crippen molar-refractivity contribution in [1.29, 1.82) is 0 Å². The number of rotatable bonds is 3. The van der Waals surface area contributed by atoms with Gasteiger partial charge in [0.2, 0.25) is 0 Å². The molecule has 0 aromatic carbocycles.